The monoisotopic (exact) mass is 312 g/mol. The van der Waals surface area contributed by atoms with Crippen LogP contribution in [0.25, 0.3) is 12.2 Å². The summed E-state index contributed by atoms with van der Waals surface area (Å²) in [6.07, 6.45) is 9.46. The van der Waals surface area contributed by atoms with E-state index in [1.54, 1.807) is 6.08 Å². The molecule has 2 heterocycles. The van der Waals surface area contributed by atoms with Gasteiger partial charge in [-0.1, -0.05) is 13.8 Å². The van der Waals surface area contributed by atoms with Gasteiger partial charge in [-0.3, -0.25) is 0 Å². The van der Waals surface area contributed by atoms with Crippen LogP contribution in [-0.4, -0.2) is 31.0 Å². The van der Waals surface area contributed by atoms with E-state index in [1.165, 1.54) is 24.7 Å². The Bertz CT molecular complexity index is 738. The van der Waals surface area contributed by atoms with Crippen molar-refractivity contribution >= 4 is 18.1 Å². The fourth-order valence-electron chi connectivity index (χ4n) is 2.80. The molecule has 0 saturated carbocycles. The van der Waals surface area contributed by atoms with Crippen LogP contribution in [0, 0.1) is 0 Å². The normalized spacial score (nSPS) is 14.4. The van der Waals surface area contributed by atoms with Gasteiger partial charge >= 0.3 is 5.97 Å². The highest BCUT2D eigenvalue weighted by atomic mass is 16.4. The van der Waals surface area contributed by atoms with E-state index < -0.39 is 5.97 Å². The van der Waals surface area contributed by atoms with E-state index in [-0.39, 0.29) is 11.5 Å². The number of nitrogens with one attached hydrogen (secondary N) is 1. The Morgan fingerprint density at radius 1 is 1.26 bits per heavy atom. The van der Waals surface area contributed by atoms with Gasteiger partial charge in [0, 0.05) is 11.9 Å². The fourth-order valence-corrected chi connectivity index (χ4v) is 2.80. The van der Waals surface area contributed by atoms with Gasteiger partial charge in [0.15, 0.2) is 5.82 Å². The third kappa shape index (κ3) is 3.31. The molecule has 0 radical (unpaired) electrons. The summed E-state index contributed by atoms with van der Waals surface area (Å²) in [7, 11) is 0. The molecule has 1 aliphatic carbocycles. The third-order valence-corrected chi connectivity index (χ3v) is 3.98. The van der Waals surface area contributed by atoms with Crippen molar-refractivity contribution in [1.82, 2.24) is 19.9 Å². The maximum atomic E-state index is 11.2. The van der Waals surface area contributed by atoms with Crippen LogP contribution < -0.4 is 0 Å². The van der Waals surface area contributed by atoms with Crippen LogP contribution in [0.15, 0.2) is 6.20 Å². The molecule has 0 bridgehead atoms. The molecule has 3 rings (SSSR count). The second kappa shape index (κ2) is 6.32. The van der Waals surface area contributed by atoms with Gasteiger partial charge in [-0.25, -0.2) is 19.7 Å². The summed E-state index contributed by atoms with van der Waals surface area (Å²) >= 11 is 0. The van der Waals surface area contributed by atoms with Crippen LogP contribution >= 0.6 is 0 Å². The molecule has 0 aromatic carbocycles. The quantitative estimate of drug-likeness (QED) is 0.905. The van der Waals surface area contributed by atoms with E-state index in [0.29, 0.717) is 11.5 Å². The molecule has 6 heteroatoms. The Morgan fingerprint density at radius 2 is 2.04 bits per heavy atom. The minimum atomic E-state index is -0.997. The van der Waals surface area contributed by atoms with Crippen molar-refractivity contribution in [3.63, 3.8) is 0 Å². The predicted octanol–water partition coefficient (Wildman–Crippen LogP) is 3.07. The standard InChI is InChI=1S/C17H20N4O2/c1-10(2)16-11(17(22)23)9-18-14(21-16)7-8-15-19-12-5-3-4-6-13(12)20-15/h7-10H,3-6H2,1-2H3,(H,19,20)(H,22,23)/b8-7+. The van der Waals surface area contributed by atoms with Crippen molar-refractivity contribution in [3.05, 3.63) is 40.5 Å². The number of H-pyrrole nitrogens is 1. The van der Waals surface area contributed by atoms with Crippen molar-refractivity contribution in [2.45, 2.75) is 45.4 Å². The van der Waals surface area contributed by atoms with Crippen LogP contribution in [0.4, 0.5) is 0 Å². The lowest BCUT2D eigenvalue weighted by atomic mass is 10.0. The van der Waals surface area contributed by atoms with Crippen molar-refractivity contribution in [2.24, 2.45) is 0 Å². The lowest BCUT2D eigenvalue weighted by molar-refractivity contribution is 0.0694. The molecule has 0 unspecified atom stereocenters. The molecule has 2 aromatic heterocycles. The molecular formula is C17H20N4O2. The minimum absolute atomic E-state index is 0.0205. The van der Waals surface area contributed by atoms with Gasteiger partial charge in [0.05, 0.1) is 17.0 Å². The summed E-state index contributed by atoms with van der Waals surface area (Å²) in [6, 6.07) is 0. The van der Waals surface area contributed by atoms with E-state index in [2.05, 4.69) is 19.9 Å². The molecule has 0 spiro atoms. The molecule has 0 fully saturated rings. The maximum absolute atomic E-state index is 11.2. The number of fused-ring (bicyclic) bond motifs is 1. The summed E-state index contributed by atoms with van der Waals surface area (Å²) in [4.78, 5) is 27.6. The molecule has 2 aromatic rings. The number of carbonyl (C=O) groups is 1. The molecule has 0 saturated heterocycles. The molecule has 23 heavy (non-hydrogen) atoms. The zero-order chi connectivity index (χ0) is 16.4. The van der Waals surface area contributed by atoms with E-state index in [1.807, 2.05) is 19.9 Å². The molecule has 0 aliphatic heterocycles. The van der Waals surface area contributed by atoms with E-state index >= 15 is 0 Å². The third-order valence-electron chi connectivity index (χ3n) is 3.98. The van der Waals surface area contributed by atoms with Gasteiger partial charge in [-0.05, 0) is 43.8 Å². The number of carboxylic acids is 1. The van der Waals surface area contributed by atoms with E-state index in [0.717, 1.165) is 24.4 Å². The lowest BCUT2D eigenvalue weighted by Gasteiger charge is -2.08. The second-order valence-electron chi connectivity index (χ2n) is 6.07. The zero-order valence-electron chi connectivity index (χ0n) is 13.3. The zero-order valence-corrected chi connectivity index (χ0v) is 13.3. The number of hydrogen-bond acceptors (Lipinski definition) is 4. The predicted molar refractivity (Wildman–Crippen MR) is 87.2 cm³/mol. The number of hydrogen-bond donors (Lipinski definition) is 2. The number of aromatic carboxylic acids is 1. The first kappa shape index (κ1) is 15.4. The van der Waals surface area contributed by atoms with Crippen molar-refractivity contribution < 1.29 is 9.90 Å². The van der Waals surface area contributed by atoms with Crippen molar-refractivity contribution in [2.75, 3.05) is 0 Å². The molecule has 1 aliphatic rings. The van der Waals surface area contributed by atoms with E-state index in [4.69, 9.17) is 0 Å². The minimum Gasteiger partial charge on any atom is -0.478 e. The van der Waals surface area contributed by atoms with Crippen LogP contribution in [-0.2, 0) is 12.8 Å². The van der Waals surface area contributed by atoms with Gasteiger partial charge < -0.3 is 10.1 Å². The summed E-state index contributed by atoms with van der Waals surface area (Å²) in [5.74, 6) is 0.317. The number of aryl methyl sites for hydroxylation is 2. The van der Waals surface area contributed by atoms with Gasteiger partial charge in [-0.15, -0.1) is 0 Å². The Hall–Kier alpha value is -2.50. The highest BCUT2D eigenvalue weighted by Crippen LogP contribution is 2.20. The average Bonchev–Trinajstić information content (AvgIpc) is 2.95. The first-order valence-electron chi connectivity index (χ1n) is 7.90. The largest absolute Gasteiger partial charge is 0.478 e. The molecule has 6 nitrogen and oxygen atoms in total. The highest BCUT2D eigenvalue weighted by molar-refractivity contribution is 5.88. The lowest BCUT2D eigenvalue weighted by Crippen LogP contribution is -2.08. The molecule has 0 amide bonds. The summed E-state index contributed by atoms with van der Waals surface area (Å²) in [5.41, 5.74) is 3.08. The number of nitrogens with zero attached hydrogens (tertiary/aromatic N) is 3. The van der Waals surface area contributed by atoms with Gasteiger partial charge in [-0.2, -0.15) is 0 Å². The molecule has 120 valence electrons. The average molecular weight is 312 g/mol. The van der Waals surface area contributed by atoms with Crippen molar-refractivity contribution in [3.8, 4) is 0 Å². The summed E-state index contributed by atoms with van der Waals surface area (Å²) in [6.45, 7) is 3.84. The second-order valence-corrected chi connectivity index (χ2v) is 6.07. The van der Waals surface area contributed by atoms with Gasteiger partial charge in [0.25, 0.3) is 0 Å². The van der Waals surface area contributed by atoms with Gasteiger partial charge in [0.1, 0.15) is 5.82 Å². The summed E-state index contributed by atoms with van der Waals surface area (Å²) < 4.78 is 0. The highest BCUT2D eigenvalue weighted by Gasteiger charge is 2.16. The fraction of sp³-hybridized carbons (Fsp3) is 0.412. The van der Waals surface area contributed by atoms with Gasteiger partial charge in [0.2, 0.25) is 0 Å². The Labute approximate surface area is 134 Å². The number of aromatic amines is 1. The topological polar surface area (TPSA) is 91.8 Å². The Morgan fingerprint density at radius 3 is 2.74 bits per heavy atom. The number of rotatable bonds is 4. The Balaban J connectivity index is 1.86. The van der Waals surface area contributed by atoms with Crippen LogP contribution in [0.3, 0.4) is 0 Å². The summed E-state index contributed by atoms with van der Waals surface area (Å²) in [5, 5.41) is 9.19. The first-order chi connectivity index (χ1) is 11.0. The van der Waals surface area contributed by atoms with Crippen LogP contribution in [0.5, 0.6) is 0 Å². The molecule has 0 atom stereocenters. The van der Waals surface area contributed by atoms with Crippen LogP contribution in [0.1, 0.15) is 71.7 Å². The molecular weight excluding hydrogens is 292 g/mol. The number of aromatic nitrogens is 4. The van der Waals surface area contributed by atoms with Crippen LogP contribution in [0.2, 0.25) is 0 Å². The first-order valence-corrected chi connectivity index (χ1v) is 7.90. The maximum Gasteiger partial charge on any atom is 0.339 e. The SMILES string of the molecule is CC(C)c1nc(/C=C/c2nc3c([nH]2)CCCC3)ncc1C(=O)O. The number of imidazole rings is 1. The van der Waals surface area contributed by atoms with Crippen molar-refractivity contribution in [1.29, 1.82) is 0 Å². The smallest absolute Gasteiger partial charge is 0.339 e. The van der Waals surface area contributed by atoms with E-state index in [9.17, 15) is 9.90 Å². The number of carboxylic acid groups (broad SMARTS) is 1. The molecule has 2 N–H and O–H groups in total. The Kier molecular flexibility index (Phi) is 4.23.